The molecular formula is C18H21FN+. The van der Waals surface area contributed by atoms with Crippen molar-refractivity contribution < 1.29 is 8.96 Å². The molecule has 0 atom stereocenters. The number of halogens is 1. The van der Waals surface area contributed by atoms with Gasteiger partial charge in [0.25, 0.3) is 0 Å². The Kier molecular flexibility index (Phi) is 3.56. The summed E-state index contributed by atoms with van der Waals surface area (Å²) in [6, 6.07) is 9.42. The molecule has 1 aliphatic carbocycles. The lowest BCUT2D eigenvalue weighted by molar-refractivity contribution is -0.660. The fraction of sp³-hybridized carbons (Fsp3) is 0.389. The summed E-state index contributed by atoms with van der Waals surface area (Å²) in [6.07, 6.45) is 7.58. The maximum atomic E-state index is 13.2. The van der Waals surface area contributed by atoms with Crippen LogP contribution in [0.5, 0.6) is 0 Å². The van der Waals surface area contributed by atoms with Gasteiger partial charge in [0.1, 0.15) is 12.9 Å². The van der Waals surface area contributed by atoms with Crippen molar-refractivity contribution in [1.82, 2.24) is 0 Å². The molecule has 2 heteroatoms. The van der Waals surface area contributed by atoms with Crippen LogP contribution in [0.3, 0.4) is 0 Å². The van der Waals surface area contributed by atoms with Gasteiger partial charge >= 0.3 is 0 Å². The molecule has 20 heavy (non-hydrogen) atoms. The lowest BCUT2D eigenvalue weighted by atomic mass is 9.97. The Labute approximate surface area is 120 Å². The molecule has 0 bridgehead atoms. The quantitative estimate of drug-likeness (QED) is 0.717. The van der Waals surface area contributed by atoms with Gasteiger partial charge in [-0.1, -0.05) is 12.8 Å². The molecule has 0 saturated heterocycles. The molecule has 2 aromatic rings. The van der Waals surface area contributed by atoms with Crippen LogP contribution in [0, 0.1) is 12.7 Å². The van der Waals surface area contributed by atoms with Gasteiger partial charge in [-0.05, 0) is 55.5 Å². The number of nitrogens with zero attached hydrogens (tertiary/aromatic N) is 1. The van der Waals surface area contributed by atoms with Crippen LogP contribution in [0.2, 0.25) is 0 Å². The van der Waals surface area contributed by atoms with Gasteiger partial charge in [-0.2, -0.15) is 0 Å². The average molecular weight is 270 g/mol. The van der Waals surface area contributed by atoms with Gasteiger partial charge in [-0.3, -0.25) is 0 Å². The summed E-state index contributed by atoms with van der Waals surface area (Å²) in [7, 11) is 2.08. The van der Waals surface area contributed by atoms with E-state index in [0.29, 0.717) is 0 Å². The zero-order chi connectivity index (χ0) is 14.1. The number of hydrogen-bond donors (Lipinski definition) is 0. The van der Waals surface area contributed by atoms with Gasteiger partial charge < -0.3 is 0 Å². The van der Waals surface area contributed by atoms with Crippen LogP contribution >= 0.6 is 0 Å². The van der Waals surface area contributed by atoms with E-state index in [9.17, 15) is 4.39 Å². The van der Waals surface area contributed by atoms with Gasteiger partial charge in [0.2, 0.25) is 5.69 Å². The SMILES string of the molecule is Cc1cc(F)ccc1-c1ccc(C2CCCC2)c[n+]1C. The van der Waals surface area contributed by atoms with Crippen molar-refractivity contribution in [2.24, 2.45) is 7.05 Å². The van der Waals surface area contributed by atoms with E-state index in [4.69, 9.17) is 0 Å². The molecule has 3 rings (SSSR count). The monoisotopic (exact) mass is 270 g/mol. The summed E-state index contributed by atoms with van der Waals surface area (Å²) in [5.41, 5.74) is 4.67. The third kappa shape index (κ3) is 2.47. The highest BCUT2D eigenvalue weighted by molar-refractivity contribution is 5.60. The van der Waals surface area contributed by atoms with Crippen LogP contribution < -0.4 is 4.57 Å². The molecule has 1 nitrogen and oxygen atoms in total. The minimum atomic E-state index is -0.170. The normalized spacial score (nSPS) is 15.8. The third-order valence-electron chi connectivity index (χ3n) is 4.45. The number of pyridine rings is 1. The number of aryl methyl sites for hydroxylation is 2. The Balaban J connectivity index is 1.98. The summed E-state index contributed by atoms with van der Waals surface area (Å²) in [5, 5.41) is 0. The molecule has 1 aliphatic rings. The fourth-order valence-electron chi connectivity index (χ4n) is 3.32. The van der Waals surface area contributed by atoms with E-state index in [2.05, 4.69) is 29.9 Å². The molecule has 0 N–H and O–H groups in total. The predicted molar refractivity (Wildman–Crippen MR) is 79.0 cm³/mol. The highest BCUT2D eigenvalue weighted by Gasteiger charge is 2.21. The summed E-state index contributed by atoms with van der Waals surface area (Å²) in [5.74, 6) is 0.557. The molecule has 1 aromatic heterocycles. The van der Waals surface area contributed by atoms with Crippen LogP contribution in [0.1, 0.15) is 42.7 Å². The molecule has 1 saturated carbocycles. The fourth-order valence-corrected chi connectivity index (χ4v) is 3.32. The Morgan fingerprint density at radius 3 is 2.50 bits per heavy atom. The van der Waals surface area contributed by atoms with Gasteiger partial charge in [0.15, 0.2) is 6.20 Å². The van der Waals surface area contributed by atoms with E-state index in [1.807, 2.05) is 13.0 Å². The second-order valence-electron chi connectivity index (χ2n) is 5.90. The van der Waals surface area contributed by atoms with Crippen molar-refractivity contribution in [1.29, 1.82) is 0 Å². The summed E-state index contributed by atoms with van der Waals surface area (Å²) in [4.78, 5) is 0. The lowest BCUT2D eigenvalue weighted by Crippen LogP contribution is -2.31. The number of hydrogen-bond acceptors (Lipinski definition) is 0. The first-order chi connectivity index (χ1) is 9.65. The van der Waals surface area contributed by atoms with Crippen molar-refractivity contribution in [3.8, 4) is 11.3 Å². The minimum Gasteiger partial charge on any atom is -0.207 e. The topological polar surface area (TPSA) is 3.88 Å². The summed E-state index contributed by atoms with van der Waals surface area (Å²) >= 11 is 0. The van der Waals surface area contributed by atoms with E-state index in [0.717, 1.165) is 22.7 Å². The molecule has 104 valence electrons. The minimum absolute atomic E-state index is 0.170. The summed E-state index contributed by atoms with van der Waals surface area (Å²) in [6.45, 7) is 1.96. The summed E-state index contributed by atoms with van der Waals surface area (Å²) < 4.78 is 15.4. The van der Waals surface area contributed by atoms with Crippen molar-refractivity contribution in [2.45, 2.75) is 38.5 Å². The van der Waals surface area contributed by atoms with Gasteiger partial charge in [0, 0.05) is 17.2 Å². The highest BCUT2D eigenvalue weighted by atomic mass is 19.1. The Bertz CT molecular complexity index is 627. The molecule has 0 radical (unpaired) electrons. The molecular weight excluding hydrogens is 249 g/mol. The lowest BCUT2D eigenvalue weighted by Gasteiger charge is -2.10. The first-order valence-corrected chi connectivity index (χ1v) is 7.41. The van der Waals surface area contributed by atoms with E-state index in [1.165, 1.54) is 37.3 Å². The van der Waals surface area contributed by atoms with Crippen molar-refractivity contribution in [3.63, 3.8) is 0 Å². The van der Waals surface area contributed by atoms with Gasteiger partial charge in [-0.15, -0.1) is 0 Å². The molecule has 1 aromatic carbocycles. The molecule has 0 unspecified atom stereocenters. The van der Waals surface area contributed by atoms with Gasteiger partial charge in [-0.25, -0.2) is 8.96 Å². The smallest absolute Gasteiger partial charge is 0.207 e. The van der Waals surface area contributed by atoms with Crippen molar-refractivity contribution in [3.05, 3.63) is 53.5 Å². The molecule has 1 fully saturated rings. The second kappa shape index (κ2) is 5.35. The highest BCUT2D eigenvalue weighted by Crippen LogP contribution is 2.34. The maximum Gasteiger partial charge on any atom is 0.212 e. The molecule has 0 amide bonds. The van der Waals surface area contributed by atoms with Crippen LogP contribution in [0.25, 0.3) is 11.3 Å². The maximum absolute atomic E-state index is 13.2. The van der Waals surface area contributed by atoms with Gasteiger partial charge in [0.05, 0.1) is 0 Å². The second-order valence-corrected chi connectivity index (χ2v) is 5.90. The number of benzene rings is 1. The average Bonchev–Trinajstić information content (AvgIpc) is 2.93. The Morgan fingerprint density at radius 1 is 1.10 bits per heavy atom. The van der Waals surface area contributed by atoms with E-state index in [1.54, 1.807) is 6.07 Å². The third-order valence-corrected chi connectivity index (χ3v) is 4.45. The van der Waals surface area contributed by atoms with Crippen LogP contribution in [0.4, 0.5) is 4.39 Å². The van der Waals surface area contributed by atoms with E-state index < -0.39 is 0 Å². The Morgan fingerprint density at radius 2 is 1.85 bits per heavy atom. The zero-order valence-corrected chi connectivity index (χ0v) is 12.2. The number of rotatable bonds is 2. The van der Waals surface area contributed by atoms with Crippen molar-refractivity contribution >= 4 is 0 Å². The largest absolute Gasteiger partial charge is 0.212 e. The van der Waals surface area contributed by atoms with Crippen LogP contribution in [-0.4, -0.2) is 0 Å². The first-order valence-electron chi connectivity index (χ1n) is 7.41. The van der Waals surface area contributed by atoms with Crippen molar-refractivity contribution in [2.75, 3.05) is 0 Å². The first kappa shape index (κ1) is 13.3. The predicted octanol–water partition coefficient (Wildman–Crippen LogP) is 4.28. The van der Waals surface area contributed by atoms with Crippen LogP contribution in [-0.2, 0) is 7.05 Å². The van der Waals surface area contributed by atoms with E-state index in [-0.39, 0.29) is 5.82 Å². The zero-order valence-electron chi connectivity index (χ0n) is 12.2. The standard InChI is InChI=1S/C18H21FN/c1-13-11-16(19)8-9-17(13)18-10-7-15(12-20(18)2)14-5-3-4-6-14/h7-12,14H,3-6H2,1-2H3/q+1. The molecule has 1 heterocycles. The molecule has 0 spiro atoms. The van der Waals surface area contributed by atoms with E-state index >= 15 is 0 Å². The number of aromatic nitrogens is 1. The van der Waals surface area contributed by atoms with Crippen LogP contribution in [0.15, 0.2) is 36.5 Å². The Hall–Kier alpha value is -1.70. The molecule has 0 aliphatic heterocycles.